The van der Waals surface area contributed by atoms with Gasteiger partial charge in [0.05, 0.1) is 26.4 Å². The molecule has 16 heteroatoms. The maximum absolute atomic E-state index is 6.83. The zero-order chi connectivity index (χ0) is 52.6. The van der Waals surface area contributed by atoms with Gasteiger partial charge in [0.2, 0.25) is 35.7 Å². The largest absolute Gasteiger partial charge is 0.493 e. The number of rotatable bonds is 22. The lowest BCUT2D eigenvalue weighted by atomic mass is 9.90. The van der Waals surface area contributed by atoms with E-state index >= 15 is 0 Å². The van der Waals surface area contributed by atoms with Crippen molar-refractivity contribution in [2.45, 2.75) is 92.2 Å². The van der Waals surface area contributed by atoms with Gasteiger partial charge in [0, 0.05) is 72.4 Å². The monoisotopic (exact) mass is 1020 g/mol. The minimum absolute atomic E-state index is 0.0919. The number of hydrogen-bond donors (Lipinski definition) is 6. The van der Waals surface area contributed by atoms with E-state index in [2.05, 4.69) is 130 Å². The molecule has 6 aromatic carbocycles. The summed E-state index contributed by atoms with van der Waals surface area (Å²) in [6.45, 7) is 11.6. The Morgan fingerprint density at radius 2 is 0.671 bits per heavy atom. The fourth-order valence-electron chi connectivity index (χ4n) is 9.26. The molecular formula is C60H68N12O4. The van der Waals surface area contributed by atoms with E-state index in [0.717, 1.165) is 116 Å². The summed E-state index contributed by atoms with van der Waals surface area (Å²) in [5, 5.41) is 13.6. The maximum Gasteiger partial charge on any atom is 0.233 e. The number of nitrogens with one attached hydrogen (secondary N) is 4. The summed E-state index contributed by atoms with van der Waals surface area (Å²) in [4.78, 5) is 27.4. The second-order valence-electron chi connectivity index (χ2n) is 18.8. The van der Waals surface area contributed by atoms with Crippen molar-refractivity contribution in [2.24, 2.45) is 0 Å². The summed E-state index contributed by atoms with van der Waals surface area (Å²) in [6.07, 6.45) is 5.26. The first-order valence-corrected chi connectivity index (χ1v) is 26.4. The third kappa shape index (κ3) is 13.5. The minimum Gasteiger partial charge on any atom is -0.493 e. The van der Waals surface area contributed by atoms with E-state index in [1.807, 2.05) is 60.7 Å². The van der Waals surface area contributed by atoms with Crippen molar-refractivity contribution >= 4 is 47.1 Å². The summed E-state index contributed by atoms with van der Waals surface area (Å²) >= 11 is 0. The molecule has 0 unspecified atom stereocenters. The lowest BCUT2D eigenvalue weighted by molar-refractivity contribution is 0.304. The number of nitrogens with zero attached hydrogens (tertiary/aromatic N) is 6. The van der Waals surface area contributed by atoms with Gasteiger partial charge >= 0.3 is 0 Å². The summed E-state index contributed by atoms with van der Waals surface area (Å²) in [6, 6.07) is 41.4. The van der Waals surface area contributed by atoms with Gasteiger partial charge in [-0.05, 0) is 83.3 Å². The molecule has 0 radical (unpaired) electrons. The number of nitrogens with two attached hydrogens (primary N) is 2. The third-order valence-electron chi connectivity index (χ3n) is 12.6. The van der Waals surface area contributed by atoms with E-state index in [9.17, 15) is 0 Å². The molecule has 1 aliphatic carbocycles. The summed E-state index contributed by atoms with van der Waals surface area (Å²) in [5.74, 6) is 4.78. The van der Waals surface area contributed by atoms with Gasteiger partial charge in [-0.15, -0.1) is 0 Å². The van der Waals surface area contributed by atoms with Crippen molar-refractivity contribution < 1.29 is 18.9 Å². The van der Waals surface area contributed by atoms with Crippen LogP contribution in [0.25, 0.3) is 0 Å². The van der Waals surface area contributed by atoms with E-state index in [0.29, 0.717) is 89.0 Å². The topological polar surface area (TPSA) is 214 Å². The Morgan fingerprint density at radius 1 is 0.368 bits per heavy atom. The van der Waals surface area contributed by atoms with Crippen LogP contribution < -0.4 is 51.7 Å². The second kappa shape index (κ2) is 25.5. The molecule has 0 fully saturated rings. The second-order valence-corrected chi connectivity index (χ2v) is 18.8. The SMILES string of the molecule is CCCOc1c2cccc1Cc1cc(Nc3nc(N)nc(NCc4ccccc4)n3)cc(c1OCCC)Cc1cccc(c1OCCC)Cc1cc(Nc3nc(N)nc(NCc4ccccc4)n3)cc(c1OCCC)C2. The van der Waals surface area contributed by atoms with E-state index in [-0.39, 0.29) is 11.9 Å². The minimum atomic E-state index is 0.0919. The smallest absolute Gasteiger partial charge is 0.233 e. The highest BCUT2D eigenvalue weighted by Crippen LogP contribution is 2.42. The molecule has 2 aromatic heterocycles. The number of para-hydroxylation sites is 2. The van der Waals surface area contributed by atoms with Crippen LogP contribution in [0.2, 0.25) is 0 Å². The molecule has 392 valence electrons. The normalized spacial score (nSPS) is 11.8. The first kappa shape index (κ1) is 52.2. The van der Waals surface area contributed by atoms with Gasteiger partial charge in [0.25, 0.3) is 0 Å². The Labute approximate surface area is 445 Å². The predicted octanol–water partition coefficient (Wildman–Crippen LogP) is 11.8. The molecule has 8 bridgehead atoms. The van der Waals surface area contributed by atoms with Crippen LogP contribution in [-0.2, 0) is 38.8 Å². The molecule has 0 aliphatic heterocycles. The molecule has 2 heterocycles. The molecule has 16 nitrogen and oxygen atoms in total. The van der Waals surface area contributed by atoms with Crippen LogP contribution in [-0.4, -0.2) is 56.3 Å². The molecule has 0 saturated carbocycles. The van der Waals surface area contributed by atoms with Gasteiger partial charge < -0.3 is 51.7 Å². The molecular weight excluding hydrogens is 953 g/mol. The molecule has 0 amide bonds. The van der Waals surface area contributed by atoms with Crippen molar-refractivity contribution in [2.75, 3.05) is 59.2 Å². The highest BCUT2D eigenvalue weighted by atomic mass is 16.5. The van der Waals surface area contributed by atoms with E-state index < -0.39 is 0 Å². The molecule has 0 atom stereocenters. The predicted molar refractivity (Wildman–Crippen MR) is 303 cm³/mol. The van der Waals surface area contributed by atoms with Gasteiger partial charge in [0.1, 0.15) is 23.0 Å². The molecule has 76 heavy (non-hydrogen) atoms. The van der Waals surface area contributed by atoms with Gasteiger partial charge in [-0.1, -0.05) is 125 Å². The first-order valence-electron chi connectivity index (χ1n) is 26.4. The van der Waals surface area contributed by atoms with Crippen LogP contribution in [0.15, 0.2) is 121 Å². The van der Waals surface area contributed by atoms with Crippen LogP contribution in [0.5, 0.6) is 23.0 Å². The first-order chi connectivity index (χ1) is 37.2. The molecule has 0 spiro atoms. The molecule has 0 saturated heterocycles. The highest BCUT2D eigenvalue weighted by Gasteiger charge is 2.24. The Balaban J connectivity index is 1.18. The average Bonchev–Trinajstić information content (AvgIpc) is 3.42. The lowest BCUT2D eigenvalue weighted by Crippen LogP contribution is -2.12. The summed E-state index contributed by atoms with van der Waals surface area (Å²) < 4.78 is 27.3. The van der Waals surface area contributed by atoms with Crippen molar-refractivity contribution in [3.8, 4) is 23.0 Å². The van der Waals surface area contributed by atoms with Crippen molar-refractivity contribution in [1.29, 1.82) is 0 Å². The zero-order valence-electron chi connectivity index (χ0n) is 43.9. The Kier molecular flexibility index (Phi) is 17.5. The van der Waals surface area contributed by atoms with Crippen molar-refractivity contribution in [3.05, 3.63) is 177 Å². The van der Waals surface area contributed by atoms with Crippen molar-refractivity contribution in [3.63, 3.8) is 0 Å². The highest BCUT2D eigenvalue weighted by molar-refractivity contribution is 5.67. The number of ether oxygens (including phenoxy) is 4. The van der Waals surface area contributed by atoms with Crippen LogP contribution in [0.3, 0.4) is 0 Å². The van der Waals surface area contributed by atoms with Crippen LogP contribution >= 0.6 is 0 Å². The van der Waals surface area contributed by atoms with Gasteiger partial charge in [-0.3, -0.25) is 0 Å². The summed E-state index contributed by atoms with van der Waals surface area (Å²) in [7, 11) is 0. The van der Waals surface area contributed by atoms with E-state index in [1.165, 1.54) is 0 Å². The quantitative estimate of drug-likeness (QED) is 0.0372. The van der Waals surface area contributed by atoms with Crippen LogP contribution in [0, 0.1) is 0 Å². The summed E-state index contributed by atoms with van der Waals surface area (Å²) in [5.41, 5.74) is 24.2. The average molecular weight is 1020 g/mol. The molecule has 1 aliphatic rings. The zero-order valence-corrected chi connectivity index (χ0v) is 43.9. The van der Waals surface area contributed by atoms with E-state index in [4.69, 9.17) is 40.4 Å². The van der Waals surface area contributed by atoms with Crippen molar-refractivity contribution in [1.82, 2.24) is 29.9 Å². The molecule has 9 rings (SSSR count). The third-order valence-corrected chi connectivity index (χ3v) is 12.6. The Hall–Kier alpha value is -8.66. The van der Waals surface area contributed by atoms with Gasteiger partial charge in [-0.25, -0.2) is 0 Å². The maximum atomic E-state index is 6.83. The fourth-order valence-corrected chi connectivity index (χ4v) is 9.26. The number of hydrogen-bond acceptors (Lipinski definition) is 16. The van der Waals surface area contributed by atoms with Gasteiger partial charge in [-0.2, -0.15) is 29.9 Å². The lowest BCUT2D eigenvalue weighted by Gasteiger charge is -2.24. The Morgan fingerprint density at radius 3 is 0.987 bits per heavy atom. The molecule has 8 N–H and O–H groups in total. The number of nitrogen functional groups attached to an aromatic ring is 2. The Bertz CT molecular complexity index is 2910. The molecule has 8 aromatic rings. The van der Waals surface area contributed by atoms with Crippen LogP contribution in [0.1, 0.15) is 109 Å². The number of fused-ring (bicyclic) bond motifs is 8. The standard InChI is InChI=1S/C60H68N12O4/c1-5-25-73-51-41-21-15-22-42(51)30-46-34-50(66-60-70-56(62)68-58(72-60)64-38-40-19-13-10-14-20-40)36-48(54(46)76-28-8-4)32-44-24-16-23-43(52(44)74-26-6-2)31-47-35-49(33-45(29-41)53(47)75-27-7-3)65-59-69-55(61)67-57(71-59)63-37-39-17-11-9-12-18-39/h9-24,33-36H,5-8,25-32,37-38H2,1-4H3,(H4,61,63,65,67,69,71)(H4,62,64,66,68,70,72). The van der Waals surface area contributed by atoms with Crippen LogP contribution in [0.4, 0.5) is 47.1 Å². The number of aromatic nitrogens is 6. The van der Waals surface area contributed by atoms with Gasteiger partial charge in [0.15, 0.2) is 0 Å². The number of anilines is 8. The number of benzene rings is 6. The fraction of sp³-hybridized carbons (Fsp3) is 0.300. The van der Waals surface area contributed by atoms with E-state index in [1.54, 1.807) is 0 Å².